The van der Waals surface area contributed by atoms with Gasteiger partial charge in [0.2, 0.25) is 0 Å². The number of aromatic nitrogens is 2. The molecule has 0 aromatic carbocycles. The van der Waals surface area contributed by atoms with Crippen LogP contribution in [0.1, 0.15) is 5.56 Å². The predicted octanol–water partition coefficient (Wildman–Crippen LogP) is 3.24. The van der Waals surface area contributed by atoms with Crippen molar-refractivity contribution in [3.8, 4) is 11.3 Å². The van der Waals surface area contributed by atoms with Crippen molar-refractivity contribution in [3.63, 3.8) is 0 Å². The van der Waals surface area contributed by atoms with Crippen LogP contribution in [-0.4, -0.2) is 9.97 Å². The van der Waals surface area contributed by atoms with Crippen LogP contribution in [0.25, 0.3) is 11.3 Å². The second-order valence-electron chi connectivity index (χ2n) is 3.21. The lowest BCUT2D eigenvalue weighted by Crippen LogP contribution is -1.90. The average Bonchev–Trinajstić information content (AvgIpc) is 2.20. The van der Waals surface area contributed by atoms with Gasteiger partial charge in [0.05, 0.1) is 11.3 Å². The van der Waals surface area contributed by atoms with Gasteiger partial charge in [-0.15, -0.1) is 0 Å². The molecule has 0 spiro atoms. The van der Waals surface area contributed by atoms with E-state index >= 15 is 0 Å². The van der Waals surface area contributed by atoms with Gasteiger partial charge in [-0.3, -0.25) is 4.98 Å². The number of halogens is 2. The third kappa shape index (κ3) is 2.13. The number of nitrogens with zero attached hydrogens (tertiary/aromatic N) is 2. The Bertz CT molecular complexity index is 482. The summed E-state index contributed by atoms with van der Waals surface area (Å²) in [5.74, 6) is -0.411. The van der Waals surface area contributed by atoms with Gasteiger partial charge in [-0.1, -0.05) is 17.7 Å². The molecule has 0 unspecified atom stereocenters. The molecule has 2 aromatic heterocycles. The second-order valence-corrected chi connectivity index (χ2v) is 3.59. The summed E-state index contributed by atoms with van der Waals surface area (Å²) >= 11 is 5.56. The van der Waals surface area contributed by atoms with Crippen molar-refractivity contribution < 1.29 is 4.39 Å². The molecule has 2 rings (SSSR count). The van der Waals surface area contributed by atoms with Crippen molar-refractivity contribution in [2.24, 2.45) is 0 Å². The maximum Gasteiger partial charge on any atom is 0.137 e. The molecule has 0 saturated carbocycles. The lowest BCUT2D eigenvalue weighted by molar-refractivity contribution is 0.628. The summed E-state index contributed by atoms with van der Waals surface area (Å²) in [6.45, 7) is 1.92. The first-order valence-corrected chi connectivity index (χ1v) is 4.78. The number of aryl methyl sites for hydroxylation is 1. The zero-order chi connectivity index (χ0) is 10.8. The van der Waals surface area contributed by atoms with Gasteiger partial charge in [0.1, 0.15) is 11.0 Å². The molecule has 2 heterocycles. The maximum absolute atomic E-state index is 13.5. The SMILES string of the molecule is Cc1ccc(-c2cnc(Cl)cc2F)nc1. The summed E-state index contributed by atoms with van der Waals surface area (Å²) in [5.41, 5.74) is 1.95. The number of rotatable bonds is 1. The van der Waals surface area contributed by atoms with Crippen LogP contribution in [0.2, 0.25) is 5.15 Å². The van der Waals surface area contributed by atoms with Crippen molar-refractivity contribution in [2.45, 2.75) is 6.92 Å². The van der Waals surface area contributed by atoms with Crippen LogP contribution >= 0.6 is 11.6 Å². The van der Waals surface area contributed by atoms with Crippen LogP contribution in [0.5, 0.6) is 0 Å². The van der Waals surface area contributed by atoms with Crippen molar-refractivity contribution in [3.05, 3.63) is 47.1 Å². The van der Waals surface area contributed by atoms with Crippen LogP contribution < -0.4 is 0 Å². The minimum atomic E-state index is -0.411. The monoisotopic (exact) mass is 222 g/mol. The number of hydrogen-bond donors (Lipinski definition) is 0. The fourth-order valence-electron chi connectivity index (χ4n) is 1.22. The van der Waals surface area contributed by atoms with Gasteiger partial charge >= 0.3 is 0 Å². The molecule has 76 valence electrons. The van der Waals surface area contributed by atoms with Crippen molar-refractivity contribution in [1.29, 1.82) is 0 Å². The summed E-state index contributed by atoms with van der Waals surface area (Å²) in [4.78, 5) is 7.94. The first-order valence-electron chi connectivity index (χ1n) is 4.41. The summed E-state index contributed by atoms with van der Waals surface area (Å²) in [6, 6.07) is 4.80. The van der Waals surface area contributed by atoms with Crippen LogP contribution in [0, 0.1) is 12.7 Å². The largest absolute Gasteiger partial charge is 0.256 e. The Morgan fingerprint density at radius 2 is 2.00 bits per heavy atom. The predicted molar refractivity (Wildman–Crippen MR) is 57.2 cm³/mol. The van der Waals surface area contributed by atoms with Gasteiger partial charge in [0.25, 0.3) is 0 Å². The first-order chi connectivity index (χ1) is 7.16. The molecule has 0 amide bonds. The molecule has 0 fully saturated rings. The normalized spacial score (nSPS) is 10.3. The molecule has 0 atom stereocenters. The van der Waals surface area contributed by atoms with Gasteiger partial charge in [0, 0.05) is 18.5 Å². The fourth-order valence-corrected chi connectivity index (χ4v) is 1.37. The molecule has 0 radical (unpaired) electrons. The van der Waals surface area contributed by atoms with E-state index < -0.39 is 5.82 Å². The molecule has 0 bridgehead atoms. The van der Waals surface area contributed by atoms with E-state index in [1.165, 1.54) is 12.3 Å². The van der Waals surface area contributed by atoms with Gasteiger partial charge < -0.3 is 0 Å². The Labute approximate surface area is 91.8 Å². The van der Waals surface area contributed by atoms with Gasteiger partial charge in [-0.2, -0.15) is 0 Å². The maximum atomic E-state index is 13.5. The van der Waals surface area contributed by atoms with Crippen LogP contribution in [0.4, 0.5) is 4.39 Å². The molecule has 15 heavy (non-hydrogen) atoms. The first kappa shape index (κ1) is 10.1. The molecule has 0 saturated heterocycles. The highest BCUT2D eigenvalue weighted by atomic mass is 35.5. The standard InChI is InChI=1S/C11H8ClFN2/c1-7-2-3-10(14-5-7)8-6-15-11(12)4-9(8)13/h2-6H,1H3. The Morgan fingerprint density at radius 3 is 2.60 bits per heavy atom. The van der Waals surface area contributed by atoms with E-state index in [0.29, 0.717) is 11.3 Å². The van der Waals surface area contributed by atoms with E-state index in [2.05, 4.69) is 9.97 Å². The molecule has 0 N–H and O–H groups in total. The van der Waals surface area contributed by atoms with Crippen LogP contribution in [-0.2, 0) is 0 Å². The third-order valence-corrected chi connectivity index (χ3v) is 2.21. The van der Waals surface area contributed by atoms with E-state index in [-0.39, 0.29) is 5.15 Å². The molecule has 0 aliphatic heterocycles. The fraction of sp³-hybridized carbons (Fsp3) is 0.0909. The van der Waals surface area contributed by atoms with Crippen LogP contribution in [0.3, 0.4) is 0 Å². The van der Waals surface area contributed by atoms with Gasteiger partial charge in [-0.25, -0.2) is 9.37 Å². The zero-order valence-electron chi connectivity index (χ0n) is 8.04. The number of hydrogen-bond acceptors (Lipinski definition) is 2. The van der Waals surface area contributed by atoms with E-state index in [9.17, 15) is 4.39 Å². The topological polar surface area (TPSA) is 25.8 Å². The lowest BCUT2D eigenvalue weighted by Gasteiger charge is -2.02. The average molecular weight is 223 g/mol. The van der Waals surface area contributed by atoms with Crippen molar-refractivity contribution >= 4 is 11.6 Å². The minimum absolute atomic E-state index is 0.142. The Hall–Kier alpha value is -1.48. The lowest BCUT2D eigenvalue weighted by atomic mass is 10.1. The molecule has 4 heteroatoms. The summed E-state index contributed by atoms with van der Waals surface area (Å²) in [7, 11) is 0. The molecule has 0 aliphatic rings. The summed E-state index contributed by atoms with van der Waals surface area (Å²) in [5, 5.41) is 0.142. The summed E-state index contributed by atoms with van der Waals surface area (Å²) < 4.78 is 13.5. The Balaban J connectivity index is 2.49. The number of pyridine rings is 2. The molecular formula is C11H8ClFN2. The molecular weight excluding hydrogens is 215 g/mol. The molecule has 2 nitrogen and oxygen atoms in total. The van der Waals surface area contributed by atoms with Gasteiger partial charge in [0.15, 0.2) is 0 Å². The Morgan fingerprint density at radius 1 is 1.20 bits per heavy atom. The highest BCUT2D eigenvalue weighted by Crippen LogP contribution is 2.21. The van der Waals surface area contributed by atoms with E-state index in [1.54, 1.807) is 12.3 Å². The van der Waals surface area contributed by atoms with Gasteiger partial charge in [-0.05, 0) is 18.6 Å². The Kier molecular flexibility index (Phi) is 2.64. The van der Waals surface area contributed by atoms with E-state index in [0.717, 1.165) is 5.56 Å². The van der Waals surface area contributed by atoms with Crippen molar-refractivity contribution in [2.75, 3.05) is 0 Å². The summed E-state index contributed by atoms with van der Waals surface area (Å²) in [6.07, 6.45) is 3.07. The minimum Gasteiger partial charge on any atom is -0.256 e. The van der Waals surface area contributed by atoms with E-state index in [1.807, 2.05) is 13.0 Å². The van der Waals surface area contributed by atoms with Crippen molar-refractivity contribution in [1.82, 2.24) is 9.97 Å². The highest BCUT2D eigenvalue weighted by molar-refractivity contribution is 6.29. The smallest absolute Gasteiger partial charge is 0.137 e. The highest BCUT2D eigenvalue weighted by Gasteiger charge is 2.07. The zero-order valence-corrected chi connectivity index (χ0v) is 8.79. The van der Waals surface area contributed by atoms with E-state index in [4.69, 9.17) is 11.6 Å². The molecule has 2 aromatic rings. The second kappa shape index (κ2) is 3.95. The van der Waals surface area contributed by atoms with Crippen LogP contribution in [0.15, 0.2) is 30.6 Å². The quantitative estimate of drug-likeness (QED) is 0.693. The third-order valence-electron chi connectivity index (χ3n) is 2.01. The molecule has 0 aliphatic carbocycles.